The summed E-state index contributed by atoms with van der Waals surface area (Å²) < 4.78 is 0. The minimum Gasteiger partial charge on any atom is -0.400 e. The number of hydrogen-bond donors (Lipinski definition) is 2. The fraction of sp³-hybridized carbons (Fsp3) is 0.619. The van der Waals surface area contributed by atoms with Crippen molar-refractivity contribution in [3.63, 3.8) is 0 Å². The van der Waals surface area contributed by atoms with Gasteiger partial charge in [0.15, 0.2) is 0 Å². The maximum absolute atomic E-state index is 7.00. The van der Waals surface area contributed by atoms with E-state index in [1.165, 1.54) is 24.8 Å². The van der Waals surface area contributed by atoms with Crippen molar-refractivity contribution in [3.05, 3.63) is 48.0 Å². The molecule has 0 unspecified atom stereocenters. The zero-order valence-electron chi connectivity index (χ0n) is 16.6. The Bertz CT molecular complexity index is 394. The third-order valence-corrected chi connectivity index (χ3v) is 3.47. The molecule has 0 saturated carbocycles. The standard InChI is InChI=1S/C10H15N.C10H20.CH4O.H2/c1-10(2,11-3)9-7-5-4-6-8-9;1-5-6-7-8-9-10(2,3)4;1-2;/h4-8,11H,1-3H3;7-8H,5-6,9H2,1-4H3;2H,1H3;1H/b;8-7-;;. The Kier molecular flexibility index (Phi) is 14.0. The highest BCUT2D eigenvalue weighted by molar-refractivity contribution is 5.22. The third kappa shape index (κ3) is 14.2. The van der Waals surface area contributed by atoms with Gasteiger partial charge in [0.05, 0.1) is 0 Å². The highest BCUT2D eigenvalue weighted by Crippen LogP contribution is 2.19. The number of benzene rings is 1. The Morgan fingerprint density at radius 3 is 1.91 bits per heavy atom. The molecule has 0 saturated heterocycles. The largest absolute Gasteiger partial charge is 0.400 e. The lowest BCUT2D eigenvalue weighted by molar-refractivity contribution is 0.399. The van der Waals surface area contributed by atoms with Crippen LogP contribution in [0.3, 0.4) is 0 Å². The van der Waals surface area contributed by atoms with E-state index < -0.39 is 0 Å². The molecule has 1 aromatic rings. The second kappa shape index (κ2) is 13.3. The SMILES string of the molecule is CCC/C=C\CC(C)(C)C.CNC(C)(C)c1ccccc1.CO.[HH]. The van der Waals surface area contributed by atoms with E-state index in [0.29, 0.717) is 5.41 Å². The molecule has 1 aromatic carbocycles. The van der Waals surface area contributed by atoms with Crippen LogP contribution in [0.4, 0.5) is 0 Å². The number of hydrogen-bond acceptors (Lipinski definition) is 2. The lowest BCUT2D eigenvalue weighted by atomic mass is 9.92. The smallest absolute Gasteiger partial charge is 0.0374 e. The second-order valence-electron chi connectivity index (χ2n) is 7.27. The Morgan fingerprint density at radius 1 is 1.00 bits per heavy atom. The first-order valence-electron chi connectivity index (χ1n) is 8.57. The highest BCUT2D eigenvalue weighted by atomic mass is 16.2. The van der Waals surface area contributed by atoms with Crippen LogP contribution in [0, 0.1) is 5.41 Å². The fourth-order valence-electron chi connectivity index (χ4n) is 1.72. The minimum atomic E-state index is 0. The molecule has 2 heteroatoms. The van der Waals surface area contributed by atoms with Gasteiger partial charge in [-0.15, -0.1) is 0 Å². The summed E-state index contributed by atoms with van der Waals surface area (Å²) >= 11 is 0. The third-order valence-electron chi connectivity index (χ3n) is 3.47. The first-order valence-corrected chi connectivity index (χ1v) is 8.57. The van der Waals surface area contributed by atoms with E-state index >= 15 is 0 Å². The van der Waals surface area contributed by atoms with Gasteiger partial charge in [-0.25, -0.2) is 0 Å². The van der Waals surface area contributed by atoms with Crippen molar-refractivity contribution in [1.29, 1.82) is 0 Å². The lowest BCUT2D eigenvalue weighted by Gasteiger charge is -2.24. The van der Waals surface area contributed by atoms with Crippen LogP contribution in [-0.4, -0.2) is 19.3 Å². The summed E-state index contributed by atoms with van der Waals surface area (Å²) in [5.74, 6) is 0. The van der Waals surface area contributed by atoms with Crippen LogP contribution in [0.15, 0.2) is 42.5 Å². The number of allylic oxidation sites excluding steroid dienone is 2. The van der Waals surface area contributed by atoms with Crippen molar-refractivity contribution >= 4 is 0 Å². The van der Waals surface area contributed by atoms with E-state index in [-0.39, 0.29) is 6.97 Å². The van der Waals surface area contributed by atoms with E-state index in [0.717, 1.165) is 7.11 Å². The van der Waals surface area contributed by atoms with E-state index in [1.807, 2.05) is 13.1 Å². The van der Waals surface area contributed by atoms with Crippen LogP contribution in [0.2, 0.25) is 0 Å². The van der Waals surface area contributed by atoms with Gasteiger partial charge >= 0.3 is 0 Å². The first kappa shape index (κ1) is 24.1. The van der Waals surface area contributed by atoms with Crippen LogP contribution in [0.1, 0.15) is 67.8 Å². The summed E-state index contributed by atoms with van der Waals surface area (Å²) in [6.07, 6.45) is 8.28. The number of aliphatic hydroxyl groups excluding tert-OH is 1. The van der Waals surface area contributed by atoms with E-state index in [4.69, 9.17) is 5.11 Å². The van der Waals surface area contributed by atoms with Gasteiger partial charge in [-0.05, 0) is 44.7 Å². The van der Waals surface area contributed by atoms with Crippen LogP contribution >= 0.6 is 0 Å². The van der Waals surface area contributed by atoms with Gasteiger partial charge in [-0.3, -0.25) is 0 Å². The molecule has 2 N–H and O–H groups in total. The van der Waals surface area contributed by atoms with Crippen LogP contribution in [0.25, 0.3) is 0 Å². The van der Waals surface area contributed by atoms with Gasteiger partial charge in [0, 0.05) is 14.1 Å². The Hall–Kier alpha value is -1.12. The zero-order chi connectivity index (χ0) is 18.4. The van der Waals surface area contributed by atoms with Gasteiger partial charge in [-0.2, -0.15) is 0 Å². The molecule has 0 aliphatic heterocycles. The molecule has 0 aliphatic rings. The molecule has 0 amide bonds. The molecule has 0 spiro atoms. The first-order chi connectivity index (χ1) is 10.7. The van der Waals surface area contributed by atoms with E-state index in [9.17, 15) is 0 Å². The van der Waals surface area contributed by atoms with Crippen LogP contribution in [-0.2, 0) is 5.54 Å². The number of unbranched alkanes of at least 4 members (excludes halogenated alkanes) is 1. The van der Waals surface area contributed by atoms with Gasteiger partial charge in [0.2, 0.25) is 0 Å². The molecule has 0 fully saturated rings. The molecule has 0 aliphatic carbocycles. The Morgan fingerprint density at radius 2 is 1.52 bits per heavy atom. The van der Waals surface area contributed by atoms with Gasteiger partial charge < -0.3 is 10.4 Å². The summed E-state index contributed by atoms with van der Waals surface area (Å²) in [5.41, 5.74) is 1.87. The van der Waals surface area contributed by atoms with E-state index in [2.05, 4.69) is 83.3 Å². The maximum Gasteiger partial charge on any atom is 0.0374 e. The van der Waals surface area contributed by atoms with Gasteiger partial charge in [0.25, 0.3) is 0 Å². The number of rotatable bonds is 5. The van der Waals surface area contributed by atoms with Crippen molar-refractivity contribution in [2.75, 3.05) is 14.2 Å². The molecular weight excluding hydrogens is 282 g/mol. The predicted molar refractivity (Wildman–Crippen MR) is 107 cm³/mol. The summed E-state index contributed by atoms with van der Waals surface area (Å²) in [6.45, 7) is 13.3. The number of aliphatic hydroxyl groups is 1. The van der Waals surface area contributed by atoms with Crippen molar-refractivity contribution in [1.82, 2.24) is 5.32 Å². The minimum absolute atomic E-state index is 0. The average molecular weight is 324 g/mol. The van der Waals surface area contributed by atoms with Gasteiger partial charge in [-0.1, -0.05) is 76.6 Å². The molecule has 136 valence electrons. The Balaban J connectivity index is -0.000000322. The van der Waals surface area contributed by atoms with Crippen molar-refractivity contribution < 1.29 is 6.53 Å². The molecule has 0 atom stereocenters. The predicted octanol–water partition coefficient (Wildman–Crippen LogP) is 5.77. The van der Waals surface area contributed by atoms with E-state index in [1.54, 1.807) is 0 Å². The molecule has 23 heavy (non-hydrogen) atoms. The zero-order valence-corrected chi connectivity index (χ0v) is 16.6. The molecular formula is C21H41NO. The topological polar surface area (TPSA) is 32.3 Å². The Labute approximate surface area is 146 Å². The maximum atomic E-state index is 7.00. The van der Waals surface area contributed by atoms with Crippen LogP contribution in [0.5, 0.6) is 0 Å². The highest BCUT2D eigenvalue weighted by Gasteiger charge is 2.15. The normalized spacial score (nSPS) is 11.3. The summed E-state index contributed by atoms with van der Waals surface area (Å²) in [4.78, 5) is 0. The molecule has 1 rings (SSSR count). The average Bonchev–Trinajstić information content (AvgIpc) is 2.54. The molecule has 2 nitrogen and oxygen atoms in total. The molecule has 0 radical (unpaired) electrons. The quantitative estimate of drug-likeness (QED) is 0.674. The molecule has 0 heterocycles. The fourth-order valence-corrected chi connectivity index (χ4v) is 1.72. The summed E-state index contributed by atoms with van der Waals surface area (Å²) in [7, 11) is 2.98. The summed E-state index contributed by atoms with van der Waals surface area (Å²) in [6, 6.07) is 10.4. The monoisotopic (exact) mass is 323 g/mol. The molecule has 0 bridgehead atoms. The summed E-state index contributed by atoms with van der Waals surface area (Å²) in [5, 5.41) is 10.3. The van der Waals surface area contributed by atoms with Crippen molar-refractivity contribution in [2.24, 2.45) is 5.41 Å². The van der Waals surface area contributed by atoms with Crippen molar-refractivity contribution in [3.8, 4) is 0 Å². The van der Waals surface area contributed by atoms with Crippen LogP contribution < -0.4 is 5.32 Å². The molecule has 0 aromatic heterocycles. The number of nitrogens with one attached hydrogen (secondary N) is 1. The van der Waals surface area contributed by atoms with Crippen molar-refractivity contribution in [2.45, 2.75) is 66.3 Å². The second-order valence-corrected chi connectivity index (χ2v) is 7.27. The lowest BCUT2D eigenvalue weighted by Crippen LogP contribution is -2.32. The van der Waals surface area contributed by atoms with Gasteiger partial charge in [0.1, 0.15) is 0 Å².